The molecule has 1 aliphatic heterocycles. The van der Waals surface area contributed by atoms with Gasteiger partial charge in [0.15, 0.2) is 0 Å². The summed E-state index contributed by atoms with van der Waals surface area (Å²) >= 11 is 0. The lowest BCUT2D eigenvalue weighted by atomic mass is 9.68. The molecular weight excluding hydrogens is 396 g/mol. The van der Waals surface area contributed by atoms with Gasteiger partial charge < -0.3 is 24.4 Å². The number of aliphatic hydroxyl groups excluding tert-OH is 2. The molecule has 0 saturated carbocycles. The van der Waals surface area contributed by atoms with Gasteiger partial charge in [0, 0.05) is 17.4 Å². The summed E-state index contributed by atoms with van der Waals surface area (Å²) in [6.45, 7) is 7.78. The van der Waals surface area contributed by atoms with Crippen molar-refractivity contribution in [2.24, 2.45) is 5.92 Å². The van der Waals surface area contributed by atoms with Gasteiger partial charge in [-0.05, 0) is 64.2 Å². The SMILES string of the molecule is CCCCCc1cc(OC(=O)OCC(O)CO)c2c(c1)OC(C)(C)C1CCC(C)=C[C@@H]21. The molecule has 0 fully saturated rings. The van der Waals surface area contributed by atoms with Crippen LogP contribution in [-0.4, -0.2) is 41.3 Å². The summed E-state index contributed by atoms with van der Waals surface area (Å²) in [4.78, 5) is 12.3. The van der Waals surface area contributed by atoms with Crippen LogP contribution in [0, 0.1) is 5.92 Å². The van der Waals surface area contributed by atoms with E-state index >= 15 is 0 Å². The lowest BCUT2D eigenvalue weighted by Crippen LogP contribution is -2.45. The van der Waals surface area contributed by atoms with E-state index in [2.05, 4.69) is 39.8 Å². The number of hydrogen-bond acceptors (Lipinski definition) is 6. The minimum absolute atomic E-state index is 0.100. The predicted molar refractivity (Wildman–Crippen MR) is 119 cm³/mol. The lowest BCUT2D eigenvalue weighted by Gasteiger charge is -2.46. The molecule has 2 N–H and O–H groups in total. The number of hydrogen-bond donors (Lipinski definition) is 2. The normalized spacial score (nSPS) is 22.5. The molecule has 0 amide bonds. The van der Waals surface area contributed by atoms with E-state index in [0.717, 1.165) is 55.4 Å². The predicted octanol–water partition coefficient (Wildman–Crippen LogP) is 4.90. The van der Waals surface area contributed by atoms with Crippen LogP contribution in [0.3, 0.4) is 0 Å². The fraction of sp³-hybridized carbons (Fsp3) is 0.640. The molecule has 31 heavy (non-hydrogen) atoms. The number of aliphatic hydroxyl groups is 2. The molecule has 2 aliphatic rings. The van der Waals surface area contributed by atoms with Crippen LogP contribution in [0.25, 0.3) is 0 Å². The Kier molecular flexibility index (Phi) is 7.65. The summed E-state index contributed by atoms with van der Waals surface area (Å²) in [5.41, 5.74) is 2.97. The molecule has 6 heteroatoms. The van der Waals surface area contributed by atoms with Crippen molar-refractivity contribution in [3.63, 3.8) is 0 Å². The molecule has 1 aliphatic carbocycles. The Morgan fingerprint density at radius 1 is 1.32 bits per heavy atom. The highest BCUT2D eigenvalue weighted by Crippen LogP contribution is 2.53. The van der Waals surface area contributed by atoms with Crippen molar-refractivity contribution < 1.29 is 29.2 Å². The van der Waals surface area contributed by atoms with Crippen LogP contribution >= 0.6 is 0 Å². The van der Waals surface area contributed by atoms with Crippen molar-refractivity contribution in [2.45, 2.75) is 83.8 Å². The Morgan fingerprint density at radius 3 is 2.81 bits per heavy atom. The standard InChI is InChI=1S/C25H36O6/c1-5-6-7-8-17-12-21(30-24(28)29-15-18(27)14-26)23-19-11-16(2)9-10-20(19)25(3,4)31-22(23)13-17/h11-13,18-20,26-27H,5-10,14-15H2,1-4H3/t18?,19-,20?/m1/s1. The maximum atomic E-state index is 12.3. The number of carbonyl (C=O) groups is 1. The van der Waals surface area contributed by atoms with Crippen molar-refractivity contribution in [2.75, 3.05) is 13.2 Å². The van der Waals surface area contributed by atoms with Gasteiger partial charge in [-0.15, -0.1) is 0 Å². The Balaban J connectivity index is 1.96. The zero-order valence-electron chi connectivity index (χ0n) is 19.1. The summed E-state index contributed by atoms with van der Waals surface area (Å²) in [5.74, 6) is 1.61. The van der Waals surface area contributed by atoms with Crippen LogP contribution in [0.1, 0.15) is 76.8 Å². The van der Waals surface area contributed by atoms with Crippen LogP contribution < -0.4 is 9.47 Å². The first kappa shape index (κ1) is 23.6. The third-order valence-electron chi connectivity index (χ3n) is 6.38. The van der Waals surface area contributed by atoms with E-state index in [9.17, 15) is 9.90 Å². The van der Waals surface area contributed by atoms with Gasteiger partial charge in [-0.25, -0.2) is 4.79 Å². The van der Waals surface area contributed by atoms with Crippen LogP contribution in [0.2, 0.25) is 0 Å². The van der Waals surface area contributed by atoms with Crippen LogP contribution in [0.15, 0.2) is 23.8 Å². The molecule has 172 valence electrons. The number of aryl methyl sites for hydroxylation is 1. The zero-order chi connectivity index (χ0) is 22.6. The third kappa shape index (κ3) is 5.60. The van der Waals surface area contributed by atoms with E-state index in [1.54, 1.807) is 0 Å². The second-order valence-electron chi connectivity index (χ2n) is 9.35. The first-order chi connectivity index (χ1) is 14.7. The van der Waals surface area contributed by atoms with Gasteiger partial charge in [-0.3, -0.25) is 0 Å². The summed E-state index contributed by atoms with van der Waals surface area (Å²) in [6, 6.07) is 4.02. The highest BCUT2D eigenvalue weighted by molar-refractivity contribution is 5.67. The maximum absolute atomic E-state index is 12.3. The quantitative estimate of drug-likeness (QED) is 0.263. The molecular formula is C25H36O6. The van der Waals surface area contributed by atoms with Gasteiger partial charge in [0.1, 0.15) is 29.8 Å². The van der Waals surface area contributed by atoms with Gasteiger partial charge in [-0.2, -0.15) is 0 Å². The van der Waals surface area contributed by atoms with Crippen LogP contribution in [0.5, 0.6) is 11.5 Å². The van der Waals surface area contributed by atoms with Crippen molar-refractivity contribution in [1.29, 1.82) is 0 Å². The Labute approximate surface area is 185 Å². The molecule has 0 bridgehead atoms. The Bertz CT molecular complexity index is 812. The molecule has 3 rings (SSSR count). The molecule has 3 atom stereocenters. The lowest BCUT2D eigenvalue weighted by molar-refractivity contribution is 0.00812. The molecule has 0 spiro atoms. The van der Waals surface area contributed by atoms with Gasteiger partial charge in [0.05, 0.1) is 6.61 Å². The first-order valence-electron chi connectivity index (χ1n) is 11.4. The largest absolute Gasteiger partial charge is 0.513 e. The average molecular weight is 433 g/mol. The van der Waals surface area contributed by atoms with Crippen molar-refractivity contribution in [3.05, 3.63) is 34.9 Å². The number of rotatable bonds is 8. The summed E-state index contributed by atoms with van der Waals surface area (Å²) < 4.78 is 17.1. The molecule has 1 heterocycles. The Morgan fingerprint density at radius 2 is 2.10 bits per heavy atom. The first-order valence-corrected chi connectivity index (χ1v) is 11.4. The second-order valence-corrected chi connectivity index (χ2v) is 9.35. The van der Waals surface area contributed by atoms with Crippen LogP contribution in [-0.2, 0) is 11.2 Å². The van der Waals surface area contributed by atoms with Crippen molar-refractivity contribution in [3.8, 4) is 11.5 Å². The summed E-state index contributed by atoms with van der Waals surface area (Å²) in [6.07, 6.45) is 6.51. The fourth-order valence-corrected chi connectivity index (χ4v) is 4.70. The number of fused-ring (bicyclic) bond motifs is 3. The summed E-state index contributed by atoms with van der Waals surface area (Å²) in [5, 5.41) is 18.4. The third-order valence-corrected chi connectivity index (χ3v) is 6.38. The van der Waals surface area contributed by atoms with E-state index in [0.29, 0.717) is 5.75 Å². The fourth-order valence-electron chi connectivity index (χ4n) is 4.70. The molecule has 0 radical (unpaired) electrons. The van der Waals surface area contributed by atoms with E-state index in [1.165, 1.54) is 5.57 Å². The minimum Gasteiger partial charge on any atom is -0.487 e. The van der Waals surface area contributed by atoms with E-state index in [4.69, 9.17) is 19.3 Å². The molecule has 0 saturated heterocycles. The van der Waals surface area contributed by atoms with Gasteiger partial charge >= 0.3 is 6.16 Å². The van der Waals surface area contributed by atoms with E-state index < -0.39 is 18.9 Å². The smallest absolute Gasteiger partial charge is 0.487 e. The maximum Gasteiger partial charge on any atom is 0.513 e. The van der Waals surface area contributed by atoms with Crippen molar-refractivity contribution in [1.82, 2.24) is 0 Å². The highest BCUT2D eigenvalue weighted by Gasteiger charge is 2.45. The van der Waals surface area contributed by atoms with Gasteiger partial charge in [0.2, 0.25) is 0 Å². The number of allylic oxidation sites excluding steroid dienone is 2. The minimum atomic E-state index is -1.13. The number of unbranched alkanes of at least 4 members (excludes halogenated alkanes) is 2. The molecule has 0 aromatic heterocycles. The summed E-state index contributed by atoms with van der Waals surface area (Å²) in [7, 11) is 0. The zero-order valence-corrected chi connectivity index (χ0v) is 19.1. The molecule has 2 unspecified atom stereocenters. The highest BCUT2D eigenvalue weighted by atomic mass is 16.7. The number of ether oxygens (including phenoxy) is 3. The van der Waals surface area contributed by atoms with E-state index in [1.807, 2.05) is 6.07 Å². The molecule has 1 aromatic carbocycles. The average Bonchev–Trinajstić information content (AvgIpc) is 2.71. The molecule has 6 nitrogen and oxygen atoms in total. The number of carbonyl (C=O) groups excluding carboxylic acids is 1. The van der Waals surface area contributed by atoms with Gasteiger partial charge in [0.25, 0.3) is 0 Å². The number of benzene rings is 1. The molecule has 1 aromatic rings. The topological polar surface area (TPSA) is 85.2 Å². The second kappa shape index (κ2) is 10.0. The van der Waals surface area contributed by atoms with E-state index in [-0.39, 0.29) is 24.0 Å². The Hall–Kier alpha value is -2.05. The van der Waals surface area contributed by atoms with Gasteiger partial charge in [-0.1, -0.05) is 31.4 Å². The van der Waals surface area contributed by atoms with Crippen molar-refractivity contribution >= 4 is 6.16 Å². The monoisotopic (exact) mass is 432 g/mol. The van der Waals surface area contributed by atoms with Crippen LogP contribution in [0.4, 0.5) is 4.79 Å².